The Morgan fingerprint density at radius 3 is 2.59 bits per heavy atom. The summed E-state index contributed by atoms with van der Waals surface area (Å²) < 4.78 is 5.96. The number of rotatable bonds is 5. The third kappa shape index (κ3) is 3.01. The van der Waals surface area contributed by atoms with E-state index in [-0.39, 0.29) is 5.60 Å². The van der Waals surface area contributed by atoms with Crippen molar-refractivity contribution in [3.8, 4) is 0 Å². The summed E-state index contributed by atoms with van der Waals surface area (Å²) in [5, 5.41) is 3.40. The van der Waals surface area contributed by atoms with Gasteiger partial charge >= 0.3 is 0 Å². The number of hydrogen-bond acceptors (Lipinski definition) is 3. The molecule has 0 radical (unpaired) electrons. The zero-order chi connectivity index (χ0) is 12.3. The molecule has 2 atom stereocenters. The van der Waals surface area contributed by atoms with Crippen LogP contribution in [-0.4, -0.2) is 48.8 Å². The van der Waals surface area contributed by atoms with Crippen LogP contribution in [0.1, 0.15) is 46.5 Å². The van der Waals surface area contributed by atoms with Gasteiger partial charge in [-0.2, -0.15) is 0 Å². The van der Waals surface area contributed by atoms with E-state index < -0.39 is 0 Å². The van der Waals surface area contributed by atoms with Gasteiger partial charge in [0, 0.05) is 31.8 Å². The topological polar surface area (TPSA) is 24.5 Å². The first kappa shape index (κ1) is 13.3. The van der Waals surface area contributed by atoms with Crippen LogP contribution >= 0.6 is 0 Å². The first-order valence-electron chi connectivity index (χ1n) is 7.29. The zero-order valence-electron chi connectivity index (χ0n) is 11.7. The van der Waals surface area contributed by atoms with E-state index in [1.165, 1.54) is 38.9 Å². The summed E-state index contributed by atoms with van der Waals surface area (Å²) in [5.74, 6) is 0. The lowest BCUT2D eigenvalue weighted by Gasteiger charge is -2.48. The third-order valence-electron chi connectivity index (χ3n) is 4.50. The molecule has 0 saturated carbocycles. The zero-order valence-corrected chi connectivity index (χ0v) is 11.7. The van der Waals surface area contributed by atoms with Gasteiger partial charge in [0.05, 0.1) is 5.60 Å². The molecule has 100 valence electrons. The second-order valence-electron chi connectivity index (χ2n) is 5.85. The Balaban J connectivity index is 1.97. The average Bonchev–Trinajstić information content (AvgIpc) is 2.26. The van der Waals surface area contributed by atoms with E-state index in [9.17, 15) is 0 Å². The molecule has 0 aromatic heterocycles. The molecule has 0 spiro atoms. The van der Waals surface area contributed by atoms with E-state index in [1.807, 2.05) is 0 Å². The van der Waals surface area contributed by atoms with E-state index in [0.29, 0.717) is 0 Å². The maximum Gasteiger partial charge on any atom is 0.0666 e. The van der Waals surface area contributed by atoms with Gasteiger partial charge in [-0.05, 0) is 39.2 Å². The summed E-state index contributed by atoms with van der Waals surface area (Å²) in [7, 11) is 0. The van der Waals surface area contributed by atoms with E-state index in [1.54, 1.807) is 0 Å². The van der Waals surface area contributed by atoms with Gasteiger partial charge in [0.2, 0.25) is 0 Å². The Morgan fingerprint density at radius 2 is 2.06 bits per heavy atom. The maximum atomic E-state index is 5.96. The summed E-state index contributed by atoms with van der Waals surface area (Å²) in [5.41, 5.74) is 0.117. The molecule has 0 amide bonds. The SMILES string of the molecule is CCCN(C1CNC1)C1CCOC(C)(CC)C1. The van der Waals surface area contributed by atoms with Crippen molar-refractivity contribution in [2.45, 2.75) is 64.1 Å². The summed E-state index contributed by atoms with van der Waals surface area (Å²) >= 11 is 0. The van der Waals surface area contributed by atoms with E-state index >= 15 is 0 Å². The van der Waals surface area contributed by atoms with Crippen LogP contribution in [0.3, 0.4) is 0 Å². The number of hydrogen-bond donors (Lipinski definition) is 1. The minimum Gasteiger partial charge on any atom is -0.375 e. The molecule has 1 N–H and O–H groups in total. The van der Waals surface area contributed by atoms with Crippen molar-refractivity contribution in [2.75, 3.05) is 26.2 Å². The summed E-state index contributed by atoms with van der Waals surface area (Å²) in [6, 6.07) is 1.51. The smallest absolute Gasteiger partial charge is 0.0666 e. The van der Waals surface area contributed by atoms with E-state index in [2.05, 4.69) is 31.0 Å². The molecule has 3 heteroatoms. The van der Waals surface area contributed by atoms with Crippen molar-refractivity contribution < 1.29 is 4.74 Å². The predicted octanol–water partition coefficient (Wildman–Crippen LogP) is 2.02. The Kier molecular flexibility index (Phi) is 4.45. The van der Waals surface area contributed by atoms with Crippen LogP contribution < -0.4 is 5.32 Å². The quantitative estimate of drug-likeness (QED) is 0.795. The molecule has 2 heterocycles. The second-order valence-corrected chi connectivity index (χ2v) is 5.85. The molecular formula is C14H28N2O. The lowest BCUT2D eigenvalue weighted by atomic mass is 9.88. The van der Waals surface area contributed by atoms with Gasteiger partial charge in [-0.15, -0.1) is 0 Å². The molecule has 17 heavy (non-hydrogen) atoms. The van der Waals surface area contributed by atoms with Gasteiger partial charge in [0.15, 0.2) is 0 Å². The normalized spacial score (nSPS) is 34.9. The molecule has 2 fully saturated rings. The van der Waals surface area contributed by atoms with Crippen LogP contribution in [0.2, 0.25) is 0 Å². The molecule has 2 saturated heterocycles. The van der Waals surface area contributed by atoms with Gasteiger partial charge < -0.3 is 10.1 Å². The van der Waals surface area contributed by atoms with Crippen molar-refractivity contribution >= 4 is 0 Å². The molecule has 2 unspecified atom stereocenters. The highest BCUT2D eigenvalue weighted by molar-refractivity contribution is 4.93. The van der Waals surface area contributed by atoms with Crippen LogP contribution in [-0.2, 0) is 4.74 Å². The fourth-order valence-electron chi connectivity index (χ4n) is 3.06. The highest BCUT2D eigenvalue weighted by Gasteiger charge is 2.37. The largest absolute Gasteiger partial charge is 0.375 e. The van der Waals surface area contributed by atoms with Crippen LogP contribution in [0, 0.1) is 0 Å². The average molecular weight is 240 g/mol. The first-order valence-corrected chi connectivity index (χ1v) is 7.29. The number of nitrogens with one attached hydrogen (secondary N) is 1. The molecule has 2 aliphatic rings. The standard InChI is InChI=1S/C14H28N2O/c1-4-7-16(13-10-15-11-13)12-6-8-17-14(3,5-2)9-12/h12-13,15H,4-11H2,1-3H3. The summed E-state index contributed by atoms with van der Waals surface area (Å²) in [6.07, 6.45) is 4.81. The molecule has 0 aromatic carbocycles. The first-order chi connectivity index (χ1) is 8.18. The molecule has 0 aromatic rings. The highest BCUT2D eigenvalue weighted by atomic mass is 16.5. The van der Waals surface area contributed by atoms with Gasteiger partial charge in [0.1, 0.15) is 0 Å². The minimum absolute atomic E-state index is 0.117. The van der Waals surface area contributed by atoms with Crippen LogP contribution in [0.4, 0.5) is 0 Å². The highest BCUT2D eigenvalue weighted by Crippen LogP contribution is 2.31. The van der Waals surface area contributed by atoms with Crippen LogP contribution in [0.25, 0.3) is 0 Å². The molecule has 0 aliphatic carbocycles. The molecular weight excluding hydrogens is 212 g/mol. The van der Waals surface area contributed by atoms with Gasteiger partial charge in [0.25, 0.3) is 0 Å². The maximum absolute atomic E-state index is 5.96. The fourth-order valence-corrected chi connectivity index (χ4v) is 3.06. The summed E-state index contributed by atoms with van der Waals surface area (Å²) in [6.45, 7) is 11.4. The lowest BCUT2D eigenvalue weighted by Crippen LogP contribution is -2.62. The number of nitrogens with zero attached hydrogens (tertiary/aromatic N) is 1. The molecule has 0 bridgehead atoms. The van der Waals surface area contributed by atoms with Gasteiger partial charge in [-0.3, -0.25) is 4.90 Å². The van der Waals surface area contributed by atoms with Gasteiger partial charge in [-0.25, -0.2) is 0 Å². The molecule has 2 rings (SSSR count). The predicted molar refractivity (Wildman–Crippen MR) is 71.3 cm³/mol. The van der Waals surface area contributed by atoms with Crippen molar-refractivity contribution in [3.63, 3.8) is 0 Å². The Hall–Kier alpha value is -0.120. The lowest BCUT2D eigenvalue weighted by molar-refractivity contribution is -0.104. The molecule has 3 nitrogen and oxygen atoms in total. The minimum atomic E-state index is 0.117. The Morgan fingerprint density at radius 1 is 1.29 bits per heavy atom. The van der Waals surface area contributed by atoms with E-state index in [4.69, 9.17) is 4.74 Å². The molecule has 2 aliphatic heterocycles. The van der Waals surface area contributed by atoms with E-state index in [0.717, 1.165) is 25.1 Å². The monoisotopic (exact) mass is 240 g/mol. The second kappa shape index (κ2) is 5.68. The Bertz CT molecular complexity index is 242. The van der Waals surface area contributed by atoms with Crippen molar-refractivity contribution in [3.05, 3.63) is 0 Å². The van der Waals surface area contributed by atoms with Crippen molar-refractivity contribution in [1.29, 1.82) is 0 Å². The Labute approximate surface area is 106 Å². The third-order valence-corrected chi connectivity index (χ3v) is 4.50. The van der Waals surface area contributed by atoms with Crippen LogP contribution in [0.15, 0.2) is 0 Å². The summed E-state index contributed by atoms with van der Waals surface area (Å²) in [4.78, 5) is 2.74. The number of ether oxygens (including phenoxy) is 1. The fraction of sp³-hybridized carbons (Fsp3) is 1.00. The van der Waals surface area contributed by atoms with Crippen molar-refractivity contribution in [1.82, 2.24) is 10.2 Å². The van der Waals surface area contributed by atoms with Gasteiger partial charge in [-0.1, -0.05) is 13.8 Å². The van der Waals surface area contributed by atoms with Crippen molar-refractivity contribution in [2.24, 2.45) is 0 Å². The van der Waals surface area contributed by atoms with Crippen LogP contribution in [0.5, 0.6) is 0 Å².